The molecule has 4 heteroatoms. The van der Waals surface area contributed by atoms with E-state index in [1.165, 1.54) is 12.8 Å². The lowest BCUT2D eigenvalue weighted by Gasteiger charge is -2.21. The zero-order valence-corrected chi connectivity index (χ0v) is 11.9. The van der Waals surface area contributed by atoms with Crippen molar-refractivity contribution in [2.75, 3.05) is 13.2 Å². The lowest BCUT2D eigenvalue weighted by molar-refractivity contribution is -0.161. The van der Waals surface area contributed by atoms with Crippen LogP contribution in [0.25, 0.3) is 0 Å². The molecule has 1 aromatic carbocycles. The summed E-state index contributed by atoms with van der Waals surface area (Å²) in [7, 11) is 0. The van der Waals surface area contributed by atoms with Gasteiger partial charge in [0.05, 0.1) is 6.61 Å². The second-order valence-electron chi connectivity index (χ2n) is 5.75. The minimum absolute atomic E-state index is 0.0261. The van der Waals surface area contributed by atoms with Gasteiger partial charge in [-0.05, 0) is 31.9 Å². The number of aryl methyl sites for hydroxylation is 1. The predicted octanol–water partition coefficient (Wildman–Crippen LogP) is 2.41. The Balaban J connectivity index is 1.51. The van der Waals surface area contributed by atoms with Crippen LogP contribution in [-0.2, 0) is 9.47 Å². The monoisotopic (exact) mass is 275 g/mol. The molecule has 1 saturated heterocycles. The highest BCUT2D eigenvalue weighted by Crippen LogP contribution is 2.38. The van der Waals surface area contributed by atoms with E-state index in [2.05, 4.69) is 5.32 Å². The van der Waals surface area contributed by atoms with Gasteiger partial charge in [0.15, 0.2) is 5.79 Å². The molecule has 1 spiro atoms. The standard InChI is InChI=1S/C16H21NO3/c1-12-5-4-6-13(9-12)15(18)17-10-14-11-19-16(20-14)7-2-3-8-16/h4-6,9,14H,2-3,7-8,10-11H2,1H3,(H,17,18)/t14-/m1/s1. The molecule has 20 heavy (non-hydrogen) atoms. The Hall–Kier alpha value is -1.39. The van der Waals surface area contributed by atoms with Crippen LogP contribution in [0.5, 0.6) is 0 Å². The van der Waals surface area contributed by atoms with Crippen molar-refractivity contribution in [3.63, 3.8) is 0 Å². The molecule has 1 aliphatic carbocycles. The van der Waals surface area contributed by atoms with Crippen LogP contribution < -0.4 is 5.32 Å². The maximum atomic E-state index is 12.1. The van der Waals surface area contributed by atoms with E-state index in [9.17, 15) is 4.79 Å². The molecule has 1 amide bonds. The molecule has 2 fully saturated rings. The lowest BCUT2D eigenvalue weighted by Crippen LogP contribution is -2.35. The van der Waals surface area contributed by atoms with Crippen molar-refractivity contribution in [3.8, 4) is 0 Å². The van der Waals surface area contributed by atoms with E-state index in [1.54, 1.807) is 0 Å². The molecule has 2 aliphatic rings. The van der Waals surface area contributed by atoms with Crippen molar-refractivity contribution in [2.45, 2.75) is 44.5 Å². The molecular formula is C16H21NO3. The molecule has 1 N–H and O–H groups in total. The van der Waals surface area contributed by atoms with Crippen LogP contribution in [0.2, 0.25) is 0 Å². The summed E-state index contributed by atoms with van der Waals surface area (Å²) in [6, 6.07) is 7.59. The van der Waals surface area contributed by atoms with Gasteiger partial charge in [-0.1, -0.05) is 17.7 Å². The van der Waals surface area contributed by atoms with Crippen LogP contribution >= 0.6 is 0 Å². The summed E-state index contributed by atoms with van der Waals surface area (Å²) in [6.07, 6.45) is 4.27. The summed E-state index contributed by atoms with van der Waals surface area (Å²) in [5.74, 6) is -0.400. The van der Waals surface area contributed by atoms with Crippen LogP contribution in [0.1, 0.15) is 41.6 Å². The second-order valence-corrected chi connectivity index (χ2v) is 5.75. The number of ether oxygens (including phenoxy) is 2. The average Bonchev–Trinajstić information content (AvgIpc) is 3.07. The number of hydrogen-bond donors (Lipinski definition) is 1. The maximum Gasteiger partial charge on any atom is 0.251 e. The molecule has 1 saturated carbocycles. The lowest BCUT2D eigenvalue weighted by atomic mass is 10.1. The Kier molecular flexibility index (Phi) is 3.76. The fourth-order valence-electron chi connectivity index (χ4n) is 2.99. The number of amides is 1. The minimum Gasteiger partial charge on any atom is -0.349 e. The summed E-state index contributed by atoms with van der Waals surface area (Å²) in [6.45, 7) is 3.07. The molecule has 1 atom stereocenters. The number of hydrogen-bond acceptors (Lipinski definition) is 3. The zero-order chi connectivity index (χ0) is 14.0. The van der Waals surface area contributed by atoms with E-state index < -0.39 is 0 Å². The highest BCUT2D eigenvalue weighted by Gasteiger charge is 2.43. The average molecular weight is 275 g/mol. The van der Waals surface area contributed by atoms with Crippen molar-refractivity contribution < 1.29 is 14.3 Å². The SMILES string of the molecule is Cc1cccc(C(=O)NC[C@@H]2COC3(CCCC3)O2)c1. The van der Waals surface area contributed by atoms with E-state index >= 15 is 0 Å². The number of rotatable bonds is 3. The summed E-state index contributed by atoms with van der Waals surface area (Å²) in [4.78, 5) is 12.1. The van der Waals surface area contributed by atoms with Crippen LogP contribution in [0, 0.1) is 6.92 Å². The fraction of sp³-hybridized carbons (Fsp3) is 0.562. The van der Waals surface area contributed by atoms with E-state index in [-0.39, 0.29) is 17.8 Å². The molecule has 0 aromatic heterocycles. The Morgan fingerprint density at radius 3 is 2.95 bits per heavy atom. The Bertz CT molecular complexity index is 494. The van der Waals surface area contributed by atoms with Gasteiger partial charge in [-0.2, -0.15) is 0 Å². The molecule has 0 radical (unpaired) electrons. The first kappa shape index (κ1) is 13.6. The van der Waals surface area contributed by atoms with E-state index in [0.29, 0.717) is 18.7 Å². The van der Waals surface area contributed by atoms with E-state index in [1.807, 2.05) is 31.2 Å². The largest absolute Gasteiger partial charge is 0.349 e. The second kappa shape index (κ2) is 5.54. The van der Waals surface area contributed by atoms with Gasteiger partial charge in [0.2, 0.25) is 0 Å². The first-order valence-electron chi connectivity index (χ1n) is 7.34. The van der Waals surface area contributed by atoms with Gasteiger partial charge in [0, 0.05) is 24.9 Å². The molecule has 1 heterocycles. The topological polar surface area (TPSA) is 47.6 Å². The molecule has 4 nitrogen and oxygen atoms in total. The molecular weight excluding hydrogens is 254 g/mol. The Morgan fingerprint density at radius 1 is 1.40 bits per heavy atom. The van der Waals surface area contributed by atoms with Gasteiger partial charge >= 0.3 is 0 Å². The summed E-state index contributed by atoms with van der Waals surface area (Å²) >= 11 is 0. The number of nitrogens with one attached hydrogen (secondary N) is 1. The highest BCUT2D eigenvalue weighted by molar-refractivity contribution is 5.94. The molecule has 0 unspecified atom stereocenters. The summed E-state index contributed by atoms with van der Waals surface area (Å²) in [5.41, 5.74) is 1.78. The van der Waals surface area contributed by atoms with Crippen molar-refractivity contribution >= 4 is 5.91 Å². The van der Waals surface area contributed by atoms with Crippen LogP contribution in [0.3, 0.4) is 0 Å². The van der Waals surface area contributed by atoms with Crippen molar-refractivity contribution in [1.29, 1.82) is 0 Å². The zero-order valence-electron chi connectivity index (χ0n) is 11.9. The van der Waals surface area contributed by atoms with Gasteiger partial charge in [-0.15, -0.1) is 0 Å². The van der Waals surface area contributed by atoms with Gasteiger partial charge in [0.25, 0.3) is 5.91 Å². The molecule has 3 rings (SSSR count). The number of carbonyl (C=O) groups is 1. The first-order chi connectivity index (χ1) is 9.67. The van der Waals surface area contributed by atoms with Crippen LogP contribution in [-0.4, -0.2) is 30.9 Å². The Morgan fingerprint density at radius 2 is 2.20 bits per heavy atom. The van der Waals surface area contributed by atoms with Gasteiger partial charge in [-0.25, -0.2) is 0 Å². The van der Waals surface area contributed by atoms with Crippen LogP contribution in [0.4, 0.5) is 0 Å². The highest BCUT2D eigenvalue weighted by atomic mass is 16.7. The third-order valence-corrected chi connectivity index (χ3v) is 4.05. The smallest absolute Gasteiger partial charge is 0.251 e. The third kappa shape index (κ3) is 2.86. The van der Waals surface area contributed by atoms with Gasteiger partial charge in [-0.3, -0.25) is 4.79 Å². The third-order valence-electron chi connectivity index (χ3n) is 4.05. The maximum absolute atomic E-state index is 12.1. The van der Waals surface area contributed by atoms with Gasteiger partial charge in [0.1, 0.15) is 6.10 Å². The quantitative estimate of drug-likeness (QED) is 0.921. The van der Waals surface area contributed by atoms with Crippen LogP contribution in [0.15, 0.2) is 24.3 Å². The normalized spacial score (nSPS) is 24.1. The van der Waals surface area contributed by atoms with Gasteiger partial charge < -0.3 is 14.8 Å². The van der Waals surface area contributed by atoms with E-state index in [0.717, 1.165) is 18.4 Å². The number of carbonyl (C=O) groups excluding carboxylic acids is 1. The minimum atomic E-state index is -0.348. The summed E-state index contributed by atoms with van der Waals surface area (Å²) < 4.78 is 11.8. The number of benzene rings is 1. The predicted molar refractivity (Wildman–Crippen MR) is 75.5 cm³/mol. The molecule has 108 valence electrons. The molecule has 0 bridgehead atoms. The first-order valence-corrected chi connectivity index (χ1v) is 7.34. The summed E-state index contributed by atoms with van der Waals surface area (Å²) in [5, 5.41) is 2.93. The Labute approximate surface area is 119 Å². The fourth-order valence-corrected chi connectivity index (χ4v) is 2.99. The molecule has 1 aromatic rings. The van der Waals surface area contributed by atoms with Crippen molar-refractivity contribution in [1.82, 2.24) is 5.32 Å². The molecule has 1 aliphatic heterocycles. The van der Waals surface area contributed by atoms with E-state index in [4.69, 9.17) is 9.47 Å². The van der Waals surface area contributed by atoms with Crippen molar-refractivity contribution in [3.05, 3.63) is 35.4 Å². The van der Waals surface area contributed by atoms with Crippen molar-refractivity contribution in [2.24, 2.45) is 0 Å².